The molecule has 0 amide bonds. The molecule has 0 radical (unpaired) electrons. The quantitative estimate of drug-likeness (QED) is 0.720. The second-order valence-corrected chi connectivity index (χ2v) is 7.91. The molecule has 0 unspecified atom stereocenters. The van der Waals surface area contributed by atoms with E-state index in [1.54, 1.807) is 4.57 Å². The summed E-state index contributed by atoms with van der Waals surface area (Å²) in [6.45, 7) is 8.62. The molecule has 3 rings (SSSR count). The van der Waals surface area contributed by atoms with Gasteiger partial charge in [0.25, 0.3) is 5.56 Å². The van der Waals surface area contributed by atoms with Crippen molar-refractivity contribution in [1.29, 1.82) is 0 Å². The molecule has 0 aliphatic carbocycles. The molecule has 0 bridgehead atoms. The van der Waals surface area contributed by atoms with E-state index < -0.39 is 5.97 Å². The summed E-state index contributed by atoms with van der Waals surface area (Å²) in [4.78, 5) is 29.6. The fraction of sp³-hybridized carbons (Fsp3) is 0.350. The Hall–Kier alpha value is -2.47. The summed E-state index contributed by atoms with van der Waals surface area (Å²) in [6.07, 6.45) is 0. The van der Waals surface area contributed by atoms with E-state index in [2.05, 4.69) is 31.0 Å². The number of hydrogen-bond acceptors (Lipinski definition) is 4. The molecular weight excluding hydrogens is 348 g/mol. The highest BCUT2D eigenvalue weighted by atomic mass is 32.1. The van der Waals surface area contributed by atoms with Crippen molar-refractivity contribution in [2.45, 2.75) is 46.1 Å². The first-order valence-corrected chi connectivity index (χ1v) is 9.51. The summed E-state index contributed by atoms with van der Waals surface area (Å²) in [6, 6.07) is 8.17. The Kier molecular flexibility index (Phi) is 4.96. The van der Waals surface area contributed by atoms with Gasteiger partial charge in [-0.25, -0.2) is 9.78 Å². The Morgan fingerprint density at radius 1 is 1.15 bits per heavy atom. The molecule has 0 spiro atoms. The molecule has 0 aliphatic rings. The topological polar surface area (TPSA) is 72.2 Å². The second-order valence-electron chi connectivity index (χ2n) is 7.05. The van der Waals surface area contributed by atoms with Crippen LogP contribution in [0.4, 0.5) is 0 Å². The molecule has 1 aromatic carbocycles. The van der Waals surface area contributed by atoms with Crippen LogP contribution in [0.1, 0.15) is 66.8 Å². The number of nitrogens with zero attached hydrogens (tertiary/aromatic N) is 2. The van der Waals surface area contributed by atoms with Crippen molar-refractivity contribution in [3.8, 4) is 0 Å². The third-order valence-corrected chi connectivity index (χ3v) is 5.33. The maximum Gasteiger partial charge on any atom is 0.337 e. The molecule has 6 heteroatoms. The van der Waals surface area contributed by atoms with E-state index in [0.717, 1.165) is 5.56 Å². The lowest BCUT2D eigenvalue weighted by molar-refractivity contribution is 0.0699. The van der Waals surface area contributed by atoms with E-state index in [1.807, 2.05) is 26.0 Å². The van der Waals surface area contributed by atoms with E-state index in [4.69, 9.17) is 0 Å². The lowest BCUT2D eigenvalue weighted by atomic mass is 10.0. The Balaban J connectivity index is 2.15. The van der Waals surface area contributed by atoms with Crippen LogP contribution in [0.3, 0.4) is 0 Å². The summed E-state index contributed by atoms with van der Waals surface area (Å²) in [7, 11) is 0. The van der Waals surface area contributed by atoms with Crippen molar-refractivity contribution in [1.82, 2.24) is 9.55 Å². The van der Waals surface area contributed by atoms with Crippen LogP contribution in [-0.4, -0.2) is 20.6 Å². The van der Waals surface area contributed by atoms with Crippen LogP contribution in [0.2, 0.25) is 0 Å². The summed E-state index contributed by atoms with van der Waals surface area (Å²) in [5.74, 6) is 0.0758. The summed E-state index contributed by atoms with van der Waals surface area (Å²) < 4.78 is 1.61. The van der Waals surface area contributed by atoms with Crippen molar-refractivity contribution in [3.05, 3.63) is 62.5 Å². The SMILES string of the molecule is CC(C)c1ccc(Cn2c(C(C)C)nc3scc(C(=O)O)c3c2=O)cc1. The minimum Gasteiger partial charge on any atom is -0.478 e. The molecule has 3 aromatic rings. The standard InChI is InChI=1S/C20H22N2O3S/c1-11(2)14-7-5-13(6-8-14)9-22-17(12(3)4)21-18-16(19(22)23)15(10-26-18)20(24)25/h5-8,10-12H,9H2,1-4H3,(H,24,25). The van der Waals surface area contributed by atoms with Crippen molar-refractivity contribution in [2.24, 2.45) is 0 Å². The van der Waals surface area contributed by atoms with Crippen LogP contribution < -0.4 is 5.56 Å². The fourth-order valence-corrected chi connectivity index (χ4v) is 3.89. The number of carboxylic acids is 1. The fourth-order valence-electron chi connectivity index (χ4n) is 2.98. The van der Waals surface area contributed by atoms with Gasteiger partial charge in [-0.3, -0.25) is 9.36 Å². The Bertz CT molecular complexity index is 1010. The van der Waals surface area contributed by atoms with Gasteiger partial charge >= 0.3 is 5.97 Å². The number of carbonyl (C=O) groups is 1. The highest BCUT2D eigenvalue weighted by molar-refractivity contribution is 7.17. The van der Waals surface area contributed by atoms with E-state index in [1.165, 1.54) is 22.3 Å². The van der Waals surface area contributed by atoms with E-state index >= 15 is 0 Å². The molecule has 0 atom stereocenters. The molecule has 0 saturated carbocycles. The van der Waals surface area contributed by atoms with Gasteiger partial charge in [0.1, 0.15) is 10.7 Å². The average molecular weight is 370 g/mol. The first-order valence-electron chi connectivity index (χ1n) is 8.63. The molecule has 136 valence electrons. The van der Waals surface area contributed by atoms with Crippen LogP contribution in [-0.2, 0) is 6.54 Å². The number of benzene rings is 1. The normalized spacial score (nSPS) is 11.6. The zero-order chi connectivity index (χ0) is 19.0. The zero-order valence-corrected chi connectivity index (χ0v) is 16.1. The van der Waals surface area contributed by atoms with Gasteiger partial charge in [0.15, 0.2) is 0 Å². The lowest BCUT2D eigenvalue weighted by Crippen LogP contribution is -2.27. The van der Waals surface area contributed by atoms with E-state index in [9.17, 15) is 14.7 Å². The van der Waals surface area contributed by atoms with E-state index in [0.29, 0.717) is 23.1 Å². The van der Waals surface area contributed by atoms with Crippen LogP contribution in [0.25, 0.3) is 10.2 Å². The Morgan fingerprint density at radius 2 is 1.81 bits per heavy atom. The van der Waals surface area contributed by atoms with Crippen molar-refractivity contribution in [3.63, 3.8) is 0 Å². The molecule has 1 N–H and O–H groups in total. The average Bonchev–Trinajstić information content (AvgIpc) is 3.02. The van der Waals surface area contributed by atoms with Crippen LogP contribution in [0.15, 0.2) is 34.4 Å². The lowest BCUT2D eigenvalue weighted by Gasteiger charge is -2.15. The van der Waals surface area contributed by atoms with Gasteiger partial charge in [0.2, 0.25) is 0 Å². The first kappa shape index (κ1) is 18.3. The number of aromatic nitrogens is 2. The highest BCUT2D eigenvalue weighted by Crippen LogP contribution is 2.24. The molecule has 0 fully saturated rings. The van der Waals surface area contributed by atoms with Gasteiger partial charge in [0.05, 0.1) is 17.5 Å². The third-order valence-electron chi connectivity index (χ3n) is 4.46. The number of aromatic carboxylic acids is 1. The van der Waals surface area contributed by atoms with Gasteiger partial charge in [-0.05, 0) is 17.0 Å². The maximum absolute atomic E-state index is 13.1. The van der Waals surface area contributed by atoms with Gasteiger partial charge in [-0.1, -0.05) is 52.0 Å². The molecule has 0 aliphatic heterocycles. The summed E-state index contributed by atoms with van der Waals surface area (Å²) in [5.41, 5.74) is 1.98. The van der Waals surface area contributed by atoms with Gasteiger partial charge < -0.3 is 5.11 Å². The third kappa shape index (κ3) is 3.29. The smallest absolute Gasteiger partial charge is 0.337 e. The molecule has 2 aromatic heterocycles. The van der Waals surface area contributed by atoms with Crippen molar-refractivity contribution in [2.75, 3.05) is 0 Å². The Labute approximate surface area is 155 Å². The zero-order valence-electron chi connectivity index (χ0n) is 15.3. The first-order chi connectivity index (χ1) is 12.3. The monoisotopic (exact) mass is 370 g/mol. The summed E-state index contributed by atoms with van der Waals surface area (Å²) in [5, 5.41) is 11.1. The highest BCUT2D eigenvalue weighted by Gasteiger charge is 2.20. The van der Waals surface area contributed by atoms with Gasteiger partial charge in [-0.15, -0.1) is 11.3 Å². The van der Waals surface area contributed by atoms with E-state index in [-0.39, 0.29) is 22.4 Å². The largest absolute Gasteiger partial charge is 0.478 e. The number of rotatable bonds is 5. The second kappa shape index (κ2) is 7.03. The number of thiophene rings is 1. The molecular formula is C20H22N2O3S. The number of fused-ring (bicyclic) bond motifs is 1. The maximum atomic E-state index is 13.1. The Morgan fingerprint density at radius 3 is 2.35 bits per heavy atom. The van der Waals surface area contributed by atoms with Gasteiger partial charge in [0, 0.05) is 11.3 Å². The number of hydrogen-bond donors (Lipinski definition) is 1. The molecule has 26 heavy (non-hydrogen) atoms. The minimum absolute atomic E-state index is 0.0294. The molecule has 2 heterocycles. The van der Waals surface area contributed by atoms with Gasteiger partial charge in [-0.2, -0.15) is 0 Å². The minimum atomic E-state index is -1.10. The van der Waals surface area contributed by atoms with Crippen molar-refractivity contribution < 1.29 is 9.90 Å². The predicted octanol–water partition coefficient (Wildman–Crippen LogP) is 4.45. The number of carboxylic acid groups (broad SMARTS) is 1. The molecule has 0 saturated heterocycles. The molecule has 5 nitrogen and oxygen atoms in total. The summed E-state index contributed by atoms with van der Waals surface area (Å²) >= 11 is 1.20. The van der Waals surface area contributed by atoms with Crippen molar-refractivity contribution >= 4 is 27.5 Å². The predicted molar refractivity (Wildman–Crippen MR) is 105 cm³/mol. The van der Waals surface area contributed by atoms with Crippen LogP contribution in [0.5, 0.6) is 0 Å². The van der Waals surface area contributed by atoms with Crippen LogP contribution >= 0.6 is 11.3 Å². The van der Waals surface area contributed by atoms with Crippen LogP contribution in [0, 0.1) is 0 Å².